The van der Waals surface area contributed by atoms with E-state index in [1.54, 1.807) is 134 Å². The van der Waals surface area contributed by atoms with E-state index in [2.05, 4.69) is 19.9 Å². The van der Waals surface area contributed by atoms with Crippen molar-refractivity contribution in [1.82, 2.24) is 39.5 Å². The first-order valence-corrected chi connectivity index (χ1v) is 37.3. The first-order valence-electron chi connectivity index (χ1n) is 37.3. The van der Waals surface area contributed by atoms with Gasteiger partial charge in [-0.25, -0.2) is 43.8 Å². The van der Waals surface area contributed by atoms with E-state index in [4.69, 9.17) is 0 Å². The smallest absolute Gasteiger partial charge is 0.273 e. The summed E-state index contributed by atoms with van der Waals surface area (Å²) in [5.74, 6) is -7.75. The standard InChI is InChI=1S/C24H21N3O3.2C23H19N3O3.C22H17N3O3/c28-22-21(15-18-11-13-25-14-12-18)23(29)27(17-20-9-5-2-6-10-20)24(30)26(22)16-19-7-3-1-4-8-19;27-21-20(15-18-11-7-8-14-24-18)22(28)26(19-12-5-2-6-13-19)23(29)25(21)16-17-9-3-1-4-10-17;27-21-19(15-17-9-3-1-4-10-17)22(28)26(20-13-7-8-14-24-20)23(29)25(21)16-18-11-5-2-6-12-18;26-20-19(15-16-7-3-1-4-8-16)21(27)25(18-11-13-23-14-12-18)22(28)24(20)17-9-5-2-6-10-17/h1-14,21H,15-17H2;1-14,20H,15-16H2;1-14,19H,15-16H2;1-14,19H,15H2. The van der Waals surface area contributed by atoms with Gasteiger partial charge in [0.1, 0.15) is 29.5 Å². The Morgan fingerprint density at radius 1 is 0.207 bits per heavy atom. The lowest BCUT2D eigenvalue weighted by Gasteiger charge is -2.37. The van der Waals surface area contributed by atoms with Crippen LogP contribution in [0.4, 0.5) is 42.1 Å². The van der Waals surface area contributed by atoms with Gasteiger partial charge in [-0.15, -0.1) is 0 Å². The Morgan fingerprint density at radius 3 is 0.836 bits per heavy atom. The molecule has 3 unspecified atom stereocenters. The molecule has 0 radical (unpaired) electrons. The molecule has 16 amide bonds. The zero-order chi connectivity index (χ0) is 80.9. The second-order valence-electron chi connectivity index (χ2n) is 27.2. The Bertz CT molecular complexity index is 4940. The van der Waals surface area contributed by atoms with Crippen LogP contribution in [-0.2, 0) is 90.2 Å². The monoisotopic (exact) mass is 1540 g/mol. The first-order chi connectivity index (χ1) is 56.6. The van der Waals surface area contributed by atoms with E-state index in [-0.39, 0.29) is 57.7 Å². The number of aromatic nitrogens is 4. The Balaban J connectivity index is 0.000000135. The molecule has 0 bridgehead atoms. The molecule has 0 spiro atoms. The molecule has 0 saturated carbocycles. The van der Waals surface area contributed by atoms with Crippen molar-refractivity contribution in [3.8, 4) is 0 Å². The van der Waals surface area contributed by atoms with Crippen LogP contribution in [0.15, 0.2) is 340 Å². The Morgan fingerprint density at radius 2 is 0.474 bits per heavy atom. The van der Waals surface area contributed by atoms with Crippen molar-refractivity contribution >= 4 is 94.3 Å². The number of carbonyl (C=O) groups is 12. The van der Waals surface area contributed by atoms with Crippen LogP contribution in [0.1, 0.15) is 44.6 Å². The molecule has 0 N–H and O–H groups in total. The van der Waals surface area contributed by atoms with Crippen molar-refractivity contribution in [2.24, 2.45) is 23.7 Å². The predicted octanol–water partition coefficient (Wildman–Crippen LogP) is 13.7. The molecule has 8 aromatic carbocycles. The molecule has 4 aromatic heterocycles. The number of imide groups is 8. The van der Waals surface area contributed by atoms with E-state index >= 15 is 0 Å². The zero-order valence-corrected chi connectivity index (χ0v) is 62.6. The van der Waals surface area contributed by atoms with Crippen LogP contribution in [0, 0.1) is 23.7 Å². The maximum absolute atomic E-state index is 13.2. The number of para-hydroxylation sites is 2. The molecule has 3 atom stereocenters. The highest BCUT2D eigenvalue weighted by Gasteiger charge is 2.51. The lowest BCUT2D eigenvalue weighted by Crippen LogP contribution is -2.61. The van der Waals surface area contributed by atoms with Crippen molar-refractivity contribution in [3.63, 3.8) is 0 Å². The highest BCUT2D eigenvalue weighted by Crippen LogP contribution is 2.34. The van der Waals surface area contributed by atoms with Gasteiger partial charge in [0.25, 0.3) is 0 Å². The minimum absolute atomic E-state index is 0.0976. The Labute approximate surface area is 668 Å². The average molecular weight is 1540 g/mol. The Hall–Kier alpha value is -15.2. The third-order valence-corrected chi connectivity index (χ3v) is 19.5. The maximum atomic E-state index is 13.2. The van der Waals surface area contributed by atoms with E-state index in [1.807, 2.05) is 188 Å². The van der Waals surface area contributed by atoms with Crippen molar-refractivity contribution in [2.45, 2.75) is 51.9 Å². The van der Waals surface area contributed by atoms with Gasteiger partial charge < -0.3 is 0 Å². The quantitative estimate of drug-likeness (QED) is 0.0641. The SMILES string of the molecule is O=C1C(Cc2ccccc2)C(=O)N(c2ccccn2)C(=O)N1Cc1ccccc1.O=C1C(Cc2ccccc2)C(=O)N(c2ccncc2)C(=O)N1c1ccccc1.O=C1C(Cc2ccccn2)C(=O)N(c2ccccc2)C(=O)N1Cc1ccccc1.O=C1C(Cc2ccncc2)C(=O)N(Cc2ccccc2)C(=O)N1Cc1ccccc1. The van der Waals surface area contributed by atoms with Gasteiger partial charge in [-0.1, -0.05) is 231 Å². The van der Waals surface area contributed by atoms with Crippen LogP contribution < -0.4 is 19.6 Å². The van der Waals surface area contributed by atoms with Crippen LogP contribution in [0.2, 0.25) is 0 Å². The van der Waals surface area contributed by atoms with E-state index in [9.17, 15) is 57.5 Å². The molecule has 12 aromatic rings. The molecule has 4 fully saturated rings. The van der Waals surface area contributed by atoms with E-state index in [0.717, 1.165) is 68.3 Å². The second kappa shape index (κ2) is 37.7. The predicted molar refractivity (Wildman–Crippen MR) is 431 cm³/mol. The number of carbonyl (C=O) groups excluding carboxylic acids is 12. The number of anilines is 4. The van der Waals surface area contributed by atoms with Crippen molar-refractivity contribution in [3.05, 3.63) is 385 Å². The number of amides is 16. The molecule has 4 aliphatic rings. The molecular formula is C92H76N12O12. The van der Waals surface area contributed by atoms with Gasteiger partial charge in [-0.05, 0) is 131 Å². The average Bonchev–Trinajstić information content (AvgIpc) is 0.715. The van der Waals surface area contributed by atoms with Crippen molar-refractivity contribution in [1.29, 1.82) is 0 Å². The van der Waals surface area contributed by atoms with E-state index in [1.165, 1.54) is 28.4 Å². The number of urea groups is 4. The summed E-state index contributed by atoms with van der Waals surface area (Å²) in [5, 5.41) is 0. The lowest BCUT2D eigenvalue weighted by atomic mass is 9.94. The number of nitrogens with zero attached hydrogens (tertiary/aromatic N) is 12. The fourth-order valence-corrected chi connectivity index (χ4v) is 13.6. The molecular weight excluding hydrogens is 1470 g/mol. The molecule has 116 heavy (non-hydrogen) atoms. The zero-order valence-electron chi connectivity index (χ0n) is 62.6. The molecule has 0 aliphatic carbocycles. The highest BCUT2D eigenvalue weighted by atomic mass is 16.2. The first kappa shape index (κ1) is 78.9. The van der Waals surface area contributed by atoms with Gasteiger partial charge in [0, 0.05) is 49.3 Å². The fraction of sp³-hybridized carbons (Fsp3) is 0.130. The fourth-order valence-electron chi connectivity index (χ4n) is 13.6. The number of benzene rings is 8. The summed E-state index contributed by atoms with van der Waals surface area (Å²) in [5.41, 5.74) is 7.70. The van der Waals surface area contributed by atoms with Crippen LogP contribution in [0.3, 0.4) is 0 Å². The molecule has 8 heterocycles. The maximum Gasteiger partial charge on any atom is 0.342 e. The minimum Gasteiger partial charge on any atom is -0.273 e. The summed E-state index contributed by atoms with van der Waals surface area (Å²) >= 11 is 0. The van der Waals surface area contributed by atoms with Gasteiger partial charge in [-0.2, -0.15) is 0 Å². The van der Waals surface area contributed by atoms with E-state index in [0.29, 0.717) is 22.8 Å². The van der Waals surface area contributed by atoms with E-state index < -0.39 is 95.1 Å². The van der Waals surface area contributed by atoms with Crippen molar-refractivity contribution < 1.29 is 57.5 Å². The van der Waals surface area contributed by atoms with Crippen LogP contribution in [-0.4, -0.2) is 111 Å². The topological polar surface area (TPSA) is 282 Å². The summed E-state index contributed by atoms with van der Waals surface area (Å²) in [6, 6.07) is 87.5. The van der Waals surface area contributed by atoms with Gasteiger partial charge >= 0.3 is 24.1 Å². The molecule has 4 saturated heterocycles. The van der Waals surface area contributed by atoms with Crippen molar-refractivity contribution in [2.75, 3.05) is 19.6 Å². The van der Waals surface area contributed by atoms with Gasteiger partial charge in [-0.3, -0.25) is 72.9 Å². The molecule has 24 nitrogen and oxygen atoms in total. The van der Waals surface area contributed by atoms with Gasteiger partial charge in [0.05, 0.1) is 43.2 Å². The van der Waals surface area contributed by atoms with Gasteiger partial charge in [0.2, 0.25) is 47.3 Å². The molecule has 576 valence electrons. The third kappa shape index (κ3) is 18.7. The Kier molecular flexibility index (Phi) is 25.6. The summed E-state index contributed by atoms with van der Waals surface area (Å²) in [4.78, 5) is 183. The minimum atomic E-state index is -1.01. The number of rotatable bonds is 20. The largest absolute Gasteiger partial charge is 0.342 e. The summed E-state index contributed by atoms with van der Waals surface area (Å²) in [7, 11) is 0. The molecule has 24 heteroatoms. The number of pyridine rings is 4. The van der Waals surface area contributed by atoms with Crippen LogP contribution >= 0.6 is 0 Å². The van der Waals surface area contributed by atoms with Gasteiger partial charge in [0.15, 0.2) is 0 Å². The second-order valence-corrected chi connectivity index (χ2v) is 27.2. The van der Waals surface area contributed by atoms with Crippen LogP contribution in [0.5, 0.6) is 0 Å². The molecule has 4 aliphatic heterocycles. The summed E-state index contributed by atoms with van der Waals surface area (Å²) in [6.07, 6.45) is 10.2. The third-order valence-electron chi connectivity index (χ3n) is 19.5. The summed E-state index contributed by atoms with van der Waals surface area (Å²) in [6.45, 7) is 0.460. The number of hydrogen-bond donors (Lipinski definition) is 0. The number of hydrogen-bond acceptors (Lipinski definition) is 16. The molecule has 16 rings (SSSR count). The summed E-state index contributed by atoms with van der Waals surface area (Å²) < 4.78 is 0. The normalized spacial score (nSPS) is 16.5. The number of barbiturate groups is 4. The highest BCUT2D eigenvalue weighted by molar-refractivity contribution is 6.36. The van der Waals surface area contributed by atoms with Crippen LogP contribution in [0.25, 0.3) is 0 Å². The lowest BCUT2D eigenvalue weighted by molar-refractivity contribution is -0.150.